The average Bonchev–Trinajstić information content (AvgIpc) is 2.56. The van der Waals surface area contributed by atoms with E-state index in [1.165, 1.54) is 25.9 Å². The van der Waals surface area contributed by atoms with Crippen LogP contribution in [0, 0.1) is 5.41 Å². The molecule has 2 aliphatic rings. The van der Waals surface area contributed by atoms with Crippen LogP contribution in [0.3, 0.4) is 0 Å². The van der Waals surface area contributed by atoms with Crippen LogP contribution in [-0.2, 0) is 0 Å². The maximum Gasteiger partial charge on any atom is 0.0555 e. The van der Waals surface area contributed by atoms with Crippen LogP contribution in [0.15, 0.2) is 0 Å². The average molecular weight is 183 g/mol. The first-order valence-corrected chi connectivity index (χ1v) is 5.49. The zero-order valence-corrected chi connectivity index (χ0v) is 8.79. The molecule has 1 aliphatic carbocycles. The molecule has 1 N–H and O–H groups in total. The minimum atomic E-state index is -0.0197. The highest BCUT2D eigenvalue weighted by Crippen LogP contribution is 2.34. The van der Waals surface area contributed by atoms with E-state index >= 15 is 0 Å². The van der Waals surface area contributed by atoms with E-state index in [4.69, 9.17) is 0 Å². The highest BCUT2D eigenvalue weighted by atomic mass is 16.3. The second-order valence-electron chi connectivity index (χ2n) is 5.51. The summed E-state index contributed by atoms with van der Waals surface area (Å²) in [5, 5.41) is 9.46. The Morgan fingerprint density at radius 3 is 2.54 bits per heavy atom. The molecule has 1 saturated carbocycles. The van der Waals surface area contributed by atoms with Crippen molar-refractivity contribution in [3.63, 3.8) is 0 Å². The van der Waals surface area contributed by atoms with Crippen LogP contribution >= 0.6 is 0 Å². The van der Waals surface area contributed by atoms with Crippen LogP contribution in [0.2, 0.25) is 0 Å². The number of likely N-dealkylation sites (tertiary alicyclic amines) is 1. The predicted octanol–water partition coefficient (Wildman–Crippen LogP) is 1.63. The number of nitrogens with zero attached hydrogens (tertiary/aromatic N) is 1. The van der Waals surface area contributed by atoms with Gasteiger partial charge in [0.1, 0.15) is 0 Å². The van der Waals surface area contributed by atoms with Gasteiger partial charge in [-0.1, -0.05) is 13.8 Å². The second kappa shape index (κ2) is 3.25. The van der Waals surface area contributed by atoms with Crippen LogP contribution in [0.1, 0.15) is 39.5 Å². The zero-order chi connectivity index (χ0) is 9.47. The number of rotatable bonds is 1. The summed E-state index contributed by atoms with van der Waals surface area (Å²) in [5.41, 5.74) is 0.507. The lowest BCUT2D eigenvalue weighted by Crippen LogP contribution is -2.32. The molecule has 1 heterocycles. The van der Waals surface area contributed by atoms with E-state index in [-0.39, 0.29) is 6.10 Å². The van der Waals surface area contributed by atoms with Crippen molar-refractivity contribution >= 4 is 0 Å². The third-order valence-corrected chi connectivity index (χ3v) is 3.60. The third kappa shape index (κ3) is 2.05. The molecule has 0 amide bonds. The van der Waals surface area contributed by atoms with Gasteiger partial charge in [0.05, 0.1) is 6.10 Å². The molecule has 0 radical (unpaired) electrons. The summed E-state index contributed by atoms with van der Waals surface area (Å²) in [6.07, 6.45) is 4.53. The molecular formula is C11H21NO. The highest BCUT2D eigenvalue weighted by molar-refractivity contribution is 4.90. The first kappa shape index (κ1) is 9.47. The molecule has 0 aromatic heterocycles. The SMILES string of the molecule is CC1(C)CCN(C2CCC(O)C2)C1. The molecule has 0 spiro atoms. The molecule has 1 aliphatic heterocycles. The number of aliphatic hydroxyl groups is 1. The summed E-state index contributed by atoms with van der Waals surface area (Å²) in [6.45, 7) is 7.16. The Morgan fingerprint density at radius 1 is 1.31 bits per heavy atom. The van der Waals surface area contributed by atoms with E-state index in [2.05, 4.69) is 18.7 Å². The van der Waals surface area contributed by atoms with Crippen molar-refractivity contribution in [2.24, 2.45) is 5.41 Å². The molecule has 2 atom stereocenters. The van der Waals surface area contributed by atoms with Crippen molar-refractivity contribution in [1.82, 2.24) is 4.90 Å². The maximum absolute atomic E-state index is 9.46. The molecule has 13 heavy (non-hydrogen) atoms. The second-order valence-corrected chi connectivity index (χ2v) is 5.51. The first-order chi connectivity index (χ1) is 6.07. The number of hydrogen-bond donors (Lipinski definition) is 1. The molecule has 2 heteroatoms. The lowest BCUT2D eigenvalue weighted by Gasteiger charge is -2.25. The molecule has 76 valence electrons. The van der Waals surface area contributed by atoms with Crippen LogP contribution in [-0.4, -0.2) is 35.2 Å². The Hall–Kier alpha value is -0.0800. The summed E-state index contributed by atoms with van der Waals surface area (Å²) in [5.74, 6) is 0. The van der Waals surface area contributed by atoms with Crippen molar-refractivity contribution in [3.05, 3.63) is 0 Å². The van der Waals surface area contributed by atoms with Gasteiger partial charge in [0, 0.05) is 12.6 Å². The Balaban J connectivity index is 1.89. The molecule has 2 nitrogen and oxygen atoms in total. The standard InChI is InChI=1S/C11H21NO/c1-11(2)5-6-12(8-11)9-3-4-10(13)7-9/h9-10,13H,3-8H2,1-2H3. The summed E-state index contributed by atoms with van der Waals surface area (Å²) >= 11 is 0. The highest BCUT2D eigenvalue weighted by Gasteiger charge is 2.36. The Kier molecular flexibility index (Phi) is 2.37. The fourth-order valence-electron chi connectivity index (χ4n) is 2.73. The summed E-state index contributed by atoms with van der Waals surface area (Å²) in [6, 6.07) is 0.678. The van der Waals surface area contributed by atoms with E-state index in [9.17, 15) is 5.11 Å². The van der Waals surface area contributed by atoms with Crippen LogP contribution in [0.4, 0.5) is 0 Å². The van der Waals surface area contributed by atoms with E-state index < -0.39 is 0 Å². The van der Waals surface area contributed by atoms with Gasteiger partial charge in [-0.2, -0.15) is 0 Å². The van der Waals surface area contributed by atoms with Crippen LogP contribution < -0.4 is 0 Å². The first-order valence-electron chi connectivity index (χ1n) is 5.49. The lowest BCUT2D eigenvalue weighted by atomic mass is 9.93. The van der Waals surface area contributed by atoms with Gasteiger partial charge in [-0.25, -0.2) is 0 Å². The van der Waals surface area contributed by atoms with Crippen LogP contribution in [0.5, 0.6) is 0 Å². The smallest absolute Gasteiger partial charge is 0.0555 e. The predicted molar refractivity (Wildman–Crippen MR) is 53.6 cm³/mol. The van der Waals surface area contributed by atoms with E-state index in [1.54, 1.807) is 0 Å². The zero-order valence-electron chi connectivity index (χ0n) is 8.79. The molecule has 2 rings (SSSR count). The Morgan fingerprint density at radius 2 is 2.08 bits per heavy atom. The van der Waals surface area contributed by atoms with Crippen molar-refractivity contribution in [1.29, 1.82) is 0 Å². The summed E-state index contributed by atoms with van der Waals surface area (Å²) in [4.78, 5) is 2.58. The van der Waals surface area contributed by atoms with Gasteiger partial charge >= 0.3 is 0 Å². The molecule has 0 bridgehead atoms. The van der Waals surface area contributed by atoms with Crippen molar-refractivity contribution < 1.29 is 5.11 Å². The monoisotopic (exact) mass is 183 g/mol. The molecule has 2 unspecified atom stereocenters. The van der Waals surface area contributed by atoms with Gasteiger partial charge < -0.3 is 5.11 Å². The Bertz CT molecular complexity index is 191. The maximum atomic E-state index is 9.46. The van der Waals surface area contributed by atoms with Crippen molar-refractivity contribution in [2.75, 3.05) is 13.1 Å². The lowest BCUT2D eigenvalue weighted by molar-refractivity contribution is 0.158. The van der Waals surface area contributed by atoms with Crippen LogP contribution in [0.25, 0.3) is 0 Å². The minimum absolute atomic E-state index is 0.0197. The summed E-state index contributed by atoms with van der Waals surface area (Å²) < 4.78 is 0. The molecule has 0 aromatic carbocycles. The molecule has 0 aromatic rings. The van der Waals surface area contributed by atoms with E-state index in [0.29, 0.717) is 11.5 Å². The van der Waals surface area contributed by atoms with Gasteiger partial charge in [0.2, 0.25) is 0 Å². The number of aliphatic hydroxyl groups excluding tert-OH is 1. The van der Waals surface area contributed by atoms with Crippen molar-refractivity contribution in [2.45, 2.75) is 51.7 Å². The quantitative estimate of drug-likeness (QED) is 0.668. The largest absolute Gasteiger partial charge is 0.393 e. The van der Waals surface area contributed by atoms with E-state index in [0.717, 1.165) is 12.8 Å². The number of hydrogen-bond acceptors (Lipinski definition) is 2. The Labute approximate surface area is 80.9 Å². The normalized spacial score (nSPS) is 39.9. The summed E-state index contributed by atoms with van der Waals surface area (Å²) in [7, 11) is 0. The van der Waals surface area contributed by atoms with Crippen molar-refractivity contribution in [3.8, 4) is 0 Å². The van der Waals surface area contributed by atoms with Gasteiger partial charge in [0.15, 0.2) is 0 Å². The molecule has 2 fully saturated rings. The van der Waals surface area contributed by atoms with E-state index in [1.807, 2.05) is 0 Å². The minimum Gasteiger partial charge on any atom is -0.393 e. The fraction of sp³-hybridized carbons (Fsp3) is 1.00. The van der Waals surface area contributed by atoms with Gasteiger partial charge in [-0.15, -0.1) is 0 Å². The molecule has 1 saturated heterocycles. The van der Waals surface area contributed by atoms with Gasteiger partial charge in [-0.05, 0) is 37.6 Å². The molecular weight excluding hydrogens is 162 g/mol. The topological polar surface area (TPSA) is 23.5 Å². The fourth-order valence-corrected chi connectivity index (χ4v) is 2.73. The van der Waals surface area contributed by atoms with Gasteiger partial charge in [-0.3, -0.25) is 4.90 Å². The van der Waals surface area contributed by atoms with Gasteiger partial charge in [0.25, 0.3) is 0 Å². The third-order valence-electron chi connectivity index (χ3n) is 3.60.